The van der Waals surface area contributed by atoms with E-state index in [1.165, 1.54) is 0 Å². The van der Waals surface area contributed by atoms with Crippen LogP contribution in [0.1, 0.15) is 32.8 Å². The summed E-state index contributed by atoms with van der Waals surface area (Å²) in [6.45, 7) is 8.61. The summed E-state index contributed by atoms with van der Waals surface area (Å²) in [5, 5.41) is 2.83. The Morgan fingerprint density at radius 1 is 1.53 bits per heavy atom. The highest BCUT2D eigenvalue weighted by molar-refractivity contribution is 9.10. The van der Waals surface area contributed by atoms with Gasteiger partial charge in [-0.05, 0) is 46.3 Å². The largest absolute Gasteiger partial charge is 0.330 e. The lowest BCUT2D eigenvalue weighted by atomic mass is 9.84. The van der Waals surface area contributed by atoms with Gasteiger partial charge in [0, 0.05) is 17.2 Å². The molecular formula is C14H22BrN3O. The molecule has 1 amide bonds. The maximum atomic E-state index is 12.2. The predicted octanol–water partition coefficient (Wildman–Crippen LogP) is 3.10. The Kier molecular flexibility index (Phi) is 5.50. The number of nitrogens with one attached hydrogen (secondary N) is 1. The second-order valence-electron chi connectivity index (χ2n) is 6.01. The second kappa shape index (κ2) is 6.48. The number of pyridine rings is 1. The average molecular weight is 328 g/mol. The van der Waals surface area contributed by atoms with Crippen molar-refractivity contribution >= 4 is 27.7 Å². The molecule has 1 aromatic rings. The molecule has 0 aliphatic rings. The molecule has 0 radical (unpaired) electrons. The van der Waals surface area contributed by atoms with E-state index in [-0.39, 0.29) is 17.2 Å². The number of aromatic nitrogens is 1. The quantitative estimate of drug-likeness (QED) is 0.892. The average Bonchev–Trinajstić information content (AvgIpc) is 2.29. The summed E-state index contributed by atoms with van der Waals surface area (Å²) in [6, 6.07) is 1.84. The number of hydrogen-bond donors (Lipinski definition) is 2. The summed E-state index contributed by atoms with van der Waals surface area (Å²) in [5.74, 6) is 0.315. The first-order chi connectivity index (χ1) is 8.73. The van der Waals surface area contributed by atoms with E-state index < -0.39 is 0 Å². The van der Waals surface area contributed by atoms with Crippen LogP contribution in [0.25, 0.3) is 0 Å². The first-order valence-electron chi connectivity index (χ1n) is 6.36. The van der Waals surface area contributed by atoms with Crippen molar-refractivity contribution in [2.75, 3.05) is 11.9 Å². The van der Waals surface area contributed by atoms with E-state index in [4.69, 9.17) is 5.73 Å². The molecule has 1 unspecified atom stereocenters. The van der Waals surface area contributed by atoms with Gasteiger partial charge >= 0.3 is 0 Å². The molecule has 0 aromatic carbocycles. The third kappa shape index (κ3) is 5.28. The zero-order valence-electron chi connectivity index (χ0n) is 12.0. The lowest BCUT2D eigenvalue weighted by Crippen LogP contribution is -2.32. The molecule has 1 rings (SSSR count). The molecule has 3 N–H and O–H groups in total. The van der Waals surface area contributed by atoms with E-state index in [0.29, 0.717) is 12.4 Å². The van der Waals surface area contributed by atoms with Crippen molar-refractivity contribution < 1.29 is 4.79 Å². The van der Waals surface area contributed by atoms with Crippen LogP contribution >= 0.6 is 15.9 Å². The summed E-state index contributed by atoms with van der Waals surface area (Å²) < 4.78 is 0.926. The minimum Gasteiger partial charge on any atom is -0.330 e. The molecule has 19 heavy (non-hydrogen) atoms. The van der Waals surface area contributed by atoms with E-state index in [1.54, 1.807) is 6.20 Å². The van der Waals surface area contributed by atoms with E-state index in [1.807, 2.05) is 13.0 Å². The monoisotopic (exact) mass is 327 g/mol. The standard InChI is InChI=1S/C14H22BrN3O/c1-9-5-12(17-8-11(9)15)18-13(19)10(7-16)6-14(2,3)4/h5,8,10H,6-7,16H2,1-4H3,(H,17,18,19). The summed E-state index contributed by atoms with van der Waals surface area (Å²) >= 11 is 3.38. The van der Waals surface area contributed by atoms with E-state index >= 15 is 0 Å². The van der Waals surface area contributed by atoms with Crippen LogP contribution in [-0.2, 0) is 4.79 Å². The number of carbonyl (C=O) groups is 1. The SMILES string of the molecule is Cc1cc(NC(=O)C(CN)CC(C)(C)C)ncc1Br. The van der Waals surface area contributed by atoms with Gasteiger partial charge in [0.2, 0.25) is 5.91 Å². The molecular weight excluding hydrogens is 306 g/mol. The summed E-state index contributed by atoms with van der Waals surface area (Å²) in [4.78, 5) is 16.3. The normalized spacial score (nSPS) is 13.2. The fourth-order valence-electron chi connectivity index (χ4n) is 1.86. The van der Waals surface area contributed by atoms with Gasteiger partial charge in [-0.15, -0.1) is 0 Å². The number of nitrogens with zero attached hydrogens (tertiary/aromatic N) is 1. The lowest BCUT2D eigenvalue weighted by molar-refractivity contribution is -0.120. The van der Waals surface area contributed by atoms with Gasteiger partial charge in [-0.1, -0.05) is 20.8 Å². The summed E-state index contributed by atoms with van der Waals surface area (Å²) in [7, 11) is 0. The Bertz CT molecular complexity index is 454. The van der Waals surface area contributed by atoms with Gasteiger partial charge in [0.05, 0.1) is 5.92 Å². The van der Waals surface area contributed by atoms with Crippen molar-refractivity contribution in [3.05, 3.63) is 22.3 Å². The van der Waals surface area contributed by atoms with E-state index in [9.17, 15) is 4.79 Å². The van der Waals surface area contributed by atoms with Gasteiger partial charge in [-0.3, -0.25) is 4.79 Å². The van der Waals surface area contributed by atoms with Gasteiger partial charge in [0.1, 0.15) is 5.82 Å². The van der Waals surface area contributed by atoms with Crippen molar-refractivity contribution in [2.45, 2.75) is 34.1 Å². The second-order valence-corrected chi connectivity index (χ2v) is 6.86. The van der Waals surface area contributed by atoms with Crippen LogP contribution in [0.15, 0.2) is 16.7 Å². The third-order valence-corrected chi connectivity index (χ3v) is 3.64. The molecule has 106 valence electrons. The molecule has 4 nitrogen and oxygen atoms in total. The Hall–Kier alpha value is -0.940. The fourth-order valence-corrected chi connectivity index (χ4v) is 2.08. The topological polar surface area (TPSA) is 68.0 Å². The summed E-state index contributed by atoms with van der Waals surface area (Å²) in [6.07, 6.45) is 2.44. The van der Waals surface area contributed by atoms with Crippen LogP contribution in [0, 0.1) is 18.3 Å². The first-order valence-corrected chi connectivity index (χ1v) is 7.15. The van der Waals surface area contributed by atoms with Crippen LogP contribution in [0.3, 0.4) is 0 Å². The number of hydrogen-bond acceptors (Lipinski definition) is 3. The van der Waals surface area contributed by atoms with Gasteiger partial charge < -0.3 is 11.1 Å². The van der Waals surface area contributed by atoms with Crippen molar-refractivity contribution in [2.24, 2.45) is 17.1 Å². The molecule has 0 saturated heterocycles. The van der Waals surface area contributed by atoms with Gasteiger partial charge in [0.25, 0.3) is 0 Å². The van der Waals surface area contributed by atoms with Crippen LogP contribution in [0.5, 0.6) is 0 Å². The molecule has 0 saturated carbocycles. The van der Waals surface area contributed by atoms with Crippen molar-refractivity contribution in [1.29, 1.82) is 0 Å². The Morgan fingerprint density at radius 2 is 2.16 bits per heavy atom. The molecule has 1 atom stereocenters. The third-order valence-electron chi connectivity index (χ3n) is 2.81. The molecule has 0 bridgehead atoms. The molecule has 0 spiro atoms. The van der Waals surface area contributed by atoms with Crippen LogP contribution in [-0.4, -0.2) is 17.4 Å². The fraction of sp³-hybridized carbons (Fsp3) is 0.571. The predicted molar refractivity (Wildman–Crippen MR) is 81.9 cm³/mol. The highest BCUT2D eigenvalue weighted by Gasteiger charge is 2.24. The van der Waals surface area contributed by atoms with Gasteiger partial charge in [0.15, 0.2) is 0 Å². The van der Waals surface area contributed by atoms with Crippen LogP contribution in [0.2, 0.25) is 0 Å². The molecule has 1 heterocycles. The molecule has 0 fully saturated rings. The Balaban J connectivity index is 2.74. The van der Waals surface area contributed by atoms with Crippen LogP contribution < -0.4 is 11.1 Å². The van der Waals surface area contributed by atoms with Crippen molar-refractivity contribution in [3.63, 3.8) is 0 Å². The Labute approximate surface area is 123 Å². The van der Waals surface area contributed by atoms with Crippen LogP contribution in [0.4, 0.5) is 5.82 Å². The maximum Gasteiger partial charge on any atom is 0.229 e. The molecule has 5 heteroatoms. The molecule has 1 aromatic heterocycles. The smallest absolute Gasteiger partial charge is 0.229 e. The number of carbonyl (C=O) groups excluding carboxylic acids is 1. The number of amides is 1. The molecule has 0 aliphatic carbocycles. The minimum absolute atomic E-state index is 0.0633. The highest BCUT2D eigenvalue weighted by atomic mass is 79.9. The van der Waals surface area contributed by atoms with Gasteiger partial charge in [-0.2, -0.15) is 0 Å². The van der Waals surface area contributed by atoms with E-state index in [2.05, 4.69) is 47.0 Å². The number of halogens is 1. The Morgan fingerprint density at radius 3 is 2.63 bits per heavy atom. The lowest BCUT2D eigenvalue weighted by Gasteiger charge is -2.24. The molecule has 0 aliphatic heterocycles. The van der Waals surface area contributed by atoms with Crippen molar-refractivity contribution in [1.82, 2.24) is 4.98 Å². The maximum absolute atomic E-state index is 12.2. The van der Waals surface area contributed by atoms with Crippen molar-refractivity contribution in [3.8, 4) is 0 Å². The first kappa shape index (κ1) is 16.1. The zero-order valence-corrected chi connectivity index (χ0v) is 13.5. The number of anilines is 1. The van der Waals surface area contributed by atoms with E-state index in [0.717, 1.165) is 16.5 Å². The number of rotatable bonds is 4. The number of aryl methyl sites for hydroxylation is 1. The number of nitrogens with two attached hydrogens (primary N) is 1. The van der Waals surface area contributed by atoms with Gasteiger partial charge in [-0.25, -0.2) is 4.98 Å². The zero-order chi connectivity index (χ0) is 14.6. The minimum atomic E-state index is -0.189. The summed E-state index contributed by atoms with van der Waals surface area (Å²) in [5.41, 5.74) is 6.81. The highest BCUT2D eigenvalue weighted by Crippen LogP contribution is 2.25.